The predicted molar refractivity (Wildman–Crippen MR) is 114 cm³/mol. The van der Waals surface area contributed by atoms with Gasteiger partial charge in [-0.3, -0.25) is 9.58 Å². The van der Waals surface area contributed by atoms with E-state index in [0.29, 0.717) is 18.5 Å². The molecule has 6 rings (SSSR count). The molecular formula is C22H23N7O2. The van der Waals surface area contributed by atoms with E-state index in [9.17, 15) is 0 Å². The SMILES string of the molecule is Cn1cc(-c2cnc3ncn(C4CCN(Cc5ccc6c(c5)OCO6)CC4)c3n2)cn1. The first-order valence-electron chi connectivity index (χ1n) is 10.5. The van der Waals surface area contributed by atoms with E-state index in [4.69, 9.17) is 14.5 Å². The third-order valence-electron chi connectivity index (χ3n) is 6.08. The molecule has 0 aliphatic carbocycles. The lowest BCUT2D eigenvalue weighted by atomic mass is 10.0. The minimum absolute atomic E-state index is 0.314. The van der Waals surface area contributed by atoms with E-state index < -0.39 is 0 Å². The van der Waals surface area contributed by atoms with Gasteiger partial charge in [0.15, 0.2) is 22.8 Å². The molecule has 9 heteroatoms. The number of aryl methyl sites for hydroxylation is 1. The van der Waals surface area contributed by atoms with Crippen molar-refractivity contribution >= 4 is 11.3 Å². The first kappa shape index (κ1) is 18.3. The molecule has 0 amide bonds. The van der Waals surface area contributed by atoms with Crippen LogP contribution in [0.15, 0.2) is 43.1 Å². The van der Waals surface area contributed by atoms with Gasteiger partial charge in [0.25, 0.3) is 0 Å². The van der Waals surface area contributed by atoms with Gasteiger partial charge in [0.1, 0.15) is 0 Å². The number of hydrogen-bond donors (Lipinski definition) is 0. The standard InChI is InChI=1S/C22H23N7O2/c1-27-12-16(9-25-27)18-10-23-21-22(26-18)29(13-24-21)17-4-6-28(7-5-17)11-15-2-3-19-20(8-15)31-14-30-19/h2-3,8-10,12-13,17H,4-7,11,14H2,1H3. The van der Waals surface area contributed by atoms with E-state index in [2.05, 4.69) is 36.7 Å². The smallest absolute Gasteiger partial charge is 0.231 e. The Labute approximate surface area is 179 Å². The largest absolute Gasteiger partial charge is 0.454 e. The van der Waals surface area contributed by atoms with Crippen LogP contribution in [-0.4, -0.2) is 54.1 Å². The molecule has 0 atom stereocenters. The van der Waals surface area contributed by atoms with Crippen LogP contribution in [0.1, 0.15) is 24.4 Å². The highest BCUT2D eigenvalue weighted by atomic mass is 16.7. The quantitative estimate of drug-likeness (QED) is 0.505. The number of likely N-dealkylation sites (tertiary alicyclic amines) is 1. The summed E-state index contributed by atoms with van der Waals surface area (Å²) in [5.41, 5.74) is 4.57. The Hall–Kier alpha value is -3.46. The van der Waals surface area contributed by atoms with Crippen molar-refractivity contribution in [1.29, 1.82) is 0 Å². The molecule has 3 aromatic heterocycles. The highest BCUT2D eigenvalue weighted by Crippen LogP contribution is 2.33. The van der Waals surface area contributed by atoms with Crippen LogP contribution in [-0.2, 0) is 13.6 Å². The van der Waals surface area contributed by atoms with Crippen LogP contribution in [0.5, 0.6) is 11.5 Å². The Morgan fingerprint density at radius 1 is 1.06 bits per heavy atom. The highest BCUT2D eigenvalue weighted by Gasteiger charge is 2.23. The molecule has 4 aromatic rings. The second kappa shape index (κ2) is 7.35. The summed E-state index contributed by atoms with van der Waals surface area (Å²) >= 11 is 0. The maximum absolute atomic E-state index is 5.51. The van der Waals surface area contributed by atoms with Crippen molar-refractivity contribution in [1.82, 2.24) is 34.2 Å². The van der Waals surface area contributed by atoms with Crippen LogP contribution < -0.4 is 9.47 Å². The first-order chi connectivity index (χ1) is 15.2. The number of rotatable bonds is 4. The van der Waals surface area contributed by atoms with Gasteiger partial charge in [-0.2, -0.15) is 5.10 Å². The third kappa shape index (κ3) is 3.40. The Balaban J connectivity index is 1.17. The molecule has 0 spiro atoms. The molecule has 31 heavy (non-hydrogen) atoms. The minimum Gasteiger partial charge on any atom is -0.454 e. The number of nitrogens with zero attached hydrogens (tertiary/aromatic N) is 7. The summed E-state index contributed by atoms with van der Waals surface area (Å²) in [5.74, 6) is 1.68. The fourth-order valence-electron chi connectivity index (χ4n) is 4.42. The lowest BCUT2D eigenvalue weighted by molar-refractivity contribution is 0.173. The summed E-state index contributed by atoms with van der Waals surface area (Å²) < 4.78 is 14.9. The predicted octanol–water partition coefficient (Wildman–Crippen LogP) is 2.79. The molecule has 0 bridgehead atoms. The number of imidazole rings is 1. The van der Waals surface area contributed by atoms with Crippen LogP contribution >= 0.6 is 0 Å². The Bertz CT molecular complexity index is 1240. The van der Waals surface area contributed by atoms with E-state index in [1.807, 2.05) is 31.8 Å². The van der Waals surface area contributed by atoms with Gasteiger partial charge in [-0.15, -0.1) is 0 Å². The van der Waals surface area contributed by atoms with E-state index in [1.165, 1.54) is 5.56 Å². The summed E-state index contributed by atoms with van der Waals surface area (Å²) in [6, 6.07) is 6.59. The molecule has 2 aliphatic heterocycles. The number of piperidine rings is 1. The molecule has 0 N–H and O–H groups in total. The molecular weight excluding hydrogens is 394 g/mol. The van der Waals surface area contributed by atoms with Gasteiger partial charge in [-0.1, -0.05) is 6.07 Å². The number of hydrogen-bond acceptors (Lipinski definition) is 7. The van der Waals surface area contributed by atoms with Gasteiger partial charge in [-0.25, -0.2) is 15.0 Å². The monoisotopic (exact) mass is 417 g/mol. The Morgan fingerprint density at radius 2 is 1.94 bits per heavy atom. The second-order valence-corrected chi connectivity index (χ2v) is 8.15. The highest BCUT2D eigenvalue weighted by molar-refractivity contribution is 5.70. The fourth-order valence-corrected chi connectivity index (χ4v) is 4.42. The zero-order valence-corrected chi connectivity index (χ0v) is 17.3. The maximum Gasteiger partial charge on any atom is 0.231 e. The Morgan fingerprint density at radius 3 is 2.77 bits per heavy atom. The molecule has 0 radical (unpaired) electrons. The van der Waals surface area contributed by atoms with Crippen LogP contribution in [0, 0.1) is 0 Å². The van der Waals surface area contributed by atoms with Crippen LogP contribution in [0.25, 0.3) is 22.6 Å². The zero-order valence-electron chi connectivity index (χ0n) is 17.3. The number of ether oxygens (including phenoxy) is 2. The molecule has 2 aliphatic rings. The topological polar surface area (TPSA) is 83.1 Å². The van der Waals surface area contributed by atoms with Crippen LogP contribution in [0.3, 0.4) is 0 Å². The molecule has 9 nitrogen and oxygen atoms in total. The van der Waals surface area contributed by atoms with Crippen molar-refractivity contribution in [3.8, 4) is 22.8 Å². The molecule has 158 valence electrons. The Kier molecular flexibility index (Phi) is 4.34. The number of benzene rings is 1. The van der Waals surface area contributed by atoms with Crippen molar-refractivity contribution in [2.75, 3.05) is 19.9 Å². The van der Waals surface area contributed by atoms with Crippen molar-refractivity contribution < 1.29 is 9.47 Å². The van der Waals surface area contributed by atoms with Gasteiger partial charge < -0.3 is 14.0 Å². The van der Waals surface area contributed by atoms with Gasteiger partial charge in [0.05, 0.1) is 24.4 Å². The van der Waals surface area contributed by atoms with E-state index in [-0.39, 0.29) is 0 Å². The van der Waals surface area contributed by atoms with Gasteiger partial charge >= 0.3 is 0 Å². The first-order valence-corrected chi connectivity index (χ1v) is 10.5. The maximum atomic E-state index is 5.51. The van der Waals surface area contributed by atoms with Gasteiger partial charge in [0.2, 0.25) is 6.79 Å². The lowest BCUT2D eigenvalue weighted by Gasteiger charge is -2.32. The summed E-state index contributed by atoms with van der Waals surface area (Å²) in [4.78, 5) is 16.3. The minimum atomic E-state index is 0.314. The lowest BCUT2D eigenvalue weighted by Crippen LogP contribution is -2.34. The summed E-state index contributed by atoms with van der Waals surface area (Å²) in [6.45, 7) is 3.27. The molecule has 1 aromatic carbocycles. The third-order valence-corrected chi connectivity index (χ3v) is 6.08. The van der Waals surface area contributed by atoms with Crippen molar-refractivity contribution in [2.45, 2.75) is 25.4 Å². The fraction of sp³-hybridized carbons (Fsp3) is 0.364. The van der Waals surface area contributed by atoms with Crippen LogP contribution in [0.4, 0.5) is 0 Å². The summed E-state index contributed by atoms with van der Waals surface area (Å²) in [7, 11) is 1.90. The summed E-state index contributed by atoms with van der Waals surface area (Å²) in [5, 5.41) is 4.24. The number of fused-ring (bicyclic) bond motifs is 2. The van der Waals surface area contributed by atoms with Gasteiger partial charge in [-0.05, 0) is 30.5 Å². The molecule has 5 heterocycles. The normalized spacial score (nSPS) is 16.9. The van der Waals surface area contributed by atoms with Gasteiger partial charge in [0, 0.05) is 44.5 Å². The molecule has 1 saturated heterocycles. The van der Waals surface area contributed by atoms with Crippen molar-refractivity contribution in [3.05, 3.63) is 48.7 Å². The van der Waals surface area contributed by atoms with Crippen molar-refractivity contribution in [3.63, 3.8) is 0 Å². The average Bonchev–Trinajstić information content (AvgIpc) is 3.53. The van der Waals surface area contributed by atoms with E-state index in [0.717, 1.165) is 60.9 Å². The van der Waals surface area contributed by atoms with E-state index in [1.54, 1.807) is 10.9 Å². The molecule has 0 unspecified atom stereocenters. The van der Waals surface area contributed by atoms with E-state index >= 15 is 0 Å². The molecule has 1 fully saturated rings. The second-order valence-electron chi connectivity index (χ2n) is 8.15. The number of aromatic nitrogens is 6. The van der Waals surface area contributed by atoms with Crippen LogP contribution in [0.2, 0.25) is 0 Å². The molecule has 0 saturated carbocycles. The average molecular weight is 417 g/mol. The summed E-state index contributed by atoms with van der Waals surface area (Å²) in [6.07, 6.45) is 9.51. The van der Waals surface area contributed by atoms with Crippen molar-refractivity contribution in [2.24, 2.45) is 7.05 Å². The zero-order chi connectivity index (χ0) is 20.8.